The van der Waals surface area contributed by atoms with Crippen molar-refractivity contribution in [1.82, 2.24) is 4.98 Å². The first-order valence-electron chi connectivity index (χ1n) is 12.0. The van der Waals surface area contributed by atoms with E-state index >= 15 is 0 Å². The number of aromatic nitrogens is 1. The minimum absolute atomic E-state index is 0.0904. The molecule has 1 aliphatic rings. The second-order valence-electron chi connectivity index (χ2n) is 8.38. The Morgan fingerprint density at radius 1 is 0.795 bits per heavy atom. The van der Waals surface area contributed by atoms with Crippen LogP contribution in [0.25, 0.3) is 0 Å². The van der Waals surface area contributed by atoms with Crippen molar-refractivity contribution >= 4 is 40.7 Å². The lowest BCUT2D eigenvalue weighted by molar-refractivity contribution is 0.0600. The first kappa shape index (κ1) is 25.3. The molecule has 5 rings (SSSR count). The largest absolute Gasteiger partial charge is 0.484 e. The summed E-state index contributed by atoms with van der Waals surface area (Å²) in [7, 11) is 1.25. The molecule has 2 N–H and O–H groups in total. The topological polar surface area (TPSA) is 119 Å². The molecule has 3 aromatic carbocycles. The third kappa shape index (κ3) is 5.80. The van der Waals surface area contributed by atoms with Crippen molar-refractivity contribution in [3.05, 3.63) is 102 Å². The van der Waals surface area contributed by atoms with E-state index < -0.39 is 17.9 Å². The van der Waals surface area contributed by atoms with Crippen LogP contribution in [0.15, 0.2) is 91.0 Å². The average molecular weight is 525 g/mol. The normalized spacial score (nSPS) is 11.7. The predicted molar refractivity (Wildman–Crippen MR) is 145 cm³/mol. The number of carbonyl (C=O) groups excluding carboxylic acids is 3. The monoisotopic (exact) mass is 524 g/mol. The summed E-state index contributed by atoms with van der Waals surface area (Å²) in [6, 6.07) is 25.4. The molecule has 39 heavy (non-hydrogen) atoms. The number of urea groups is 1. The van der Waals surface area contributed by atoms with Crippen LogP contribution in [-0.4, -0.2) is 43.2 Å². The van der Waals surface area contributed by atoms with Crippen LogP contribution in [0, 0.1) is 0 Å². The number of nitrogens with one attached hydrogen (secondary N) is 2. The van der Waals surface area contributed by atoms with Crippen molar-refractivity contribution in [2.75, 3.05) is 35.9 Å². The number of methoxy groups -OCH3 is 1. The van der Waals surface area contributed by atoms with Crippen molar-refractivity contribution < 1.29 is 28.6 Å². The fraction of sp³-hybridized carbons (Fsp3) is 0.103. The number of anilines is 4. The van der Waals surface area contributed by atoms with Gasteiger partial charge in [0.1, 0.15) is 18.9 Å². The van der Waals surface area contributed by atoms with Gasteiger partial charge in [-0.2, -0.15) is 0 Å². The molecule has 0 saturated heterocycles. The molecule has 10 nitrogen and oxygen atoms in total. The number of pyridine rings is 1. The summed E-state index contributed by atoms with van der Waals surface area (Å²) in [5, 5.41) is 5.55. The fourth-order valence-corrected chi connectivity index (χ4v) is 3.98. The summed E-state index contributed by atoms with van der Waals surface area (Å²) in [5.41, 5.74) is 2.03. The Balaban J connectivity index is 1.43. The molecule has 0 atom stereocenters. The van der Waals surface area contributed by atoms with E-state index in [4.69, 9.17) is 14.2 Å². The molecule has 0 bridgehead atoms. The minimum Gasteiger partial charge on any atom is -0.484 e. The van der Waals surface area contributed by atoms with E-state index in [0.717, 1.165) is 0 Å². The van der Waals surface area contributed by atoms with Gasteiger partial charge in [0.2, 0.25) is 0 Å². The summed E-state index contributed by atoms with van der Waals surface area (Å²) in [6.07, 6.45) is 0. The number of para-hydroxylation sites is 2. The van der Waals surface area contributed by atoms with Crippen LogP contribution in [0.4, 0.5) is 27.5 Å². The lowest BCUT2D eigenvalue weighted by Gasteiger charge is -2.23. The van der Waals surface area contributed by atoms with Crippen LogP contribution >= 0.6 is 0 Å². The Morgan fingerprint density at radius 2 is 1.41 bits per heavy atom. The molecule has 0 unspecified atom stereocenters. The summed E-state index contributed by atoms with van der Waals surface area (Å²) in [6.45, 7) is 0.735. The van der Waals surface area contributed by atoms with Gasteiger partial charge in [0.25, 0.3) is 11.8 Å². The smallest absolute Gasteiger partial charge is 0.337 e. The first-order valence-corrected chi connectivity index (χ1v) is 12.0. The molecule has 0 saturated carbocycles. The number of amides is 3. The van der Waals surface area contributed by atoms with Crippen molar-refractivity contribution in [3.8, 4) is 11.6 Å². The number of ether oxygens (including phenoxy) is 3. The summed E-state index contributed by atoms with van der Waals surface area (Å²) < 4.78 is 15.8. The molecule has 3 amide bonds. The van der Waals surface area contributed by atoms with Gasteiger partial charge in [-0.25, -0.2) is 14.6 Å². The van der Waals surface area contributed by atoms with Gasteiger partial charge in [0.15, 0.2) is 5.75 Å². The Bertz CT molecular complexity index is 1470. The second-order valence-corrected chi connectivity index (χ2v) is 8.38. The SMILES string of the molecule is COC(=O)c1cc(NC(=O)c2ccc3c(n2)OCCO3)cc(NC(=O)N(c2ccccc2)c2ccccc2)c1. The standard InChI is InChI=1S/C29H24N4O6/c1-37-28(35)19-16-20(30-26(34)24-12-13-25-27(32-24)39-15-14-38-25)18-21(17-19)31-29(36)33(22-8-4-2-5-9-22)23-10-6-3-7-11-23/h2-13,16-18H,14-15H2,1H3,(H,30,34)(H,31,36). The number of esters is 1. The number of benzene rings is 3. The van der Waals surface area contributed by atoms with Crippen molar-refractivity contribution in [1.29, 1.82) is 0 Å². The van der Waals surface area contributed by atoms with Gasteiger partial charge in [-0.3, -0.25) is 9.69 Å². The molecule has 10 heteroatoms. The lowest BCUT2D eigenvalue weighted by Crippen LogP contribution is -2.30. The van der Waals surface area contributed by atoms with E-state index in [0.29, 0.717) is 30.3 Å². The van der Waals surface area contributed by atoms with Crippen LogP contribution < -0.4 is 25.0 Å². The molecule has 0 fully saturated rings. The number of fused-ring (bicyclic) bond motifs is 1. The maximum Gasteiger partial charge on any atom is 0.337 e. The number of rotatable bonds is 6. The molecule has 2 heterocycles. The van der Waals surface area contributed by atoms with Gasteiger partial charge < -0.3 is 24.8 Å². The molecular formula is C29H24N4O6. The van der Waals surface area contributed by atoms with Crippen LogP contribution in [0.1, 0.15) is 20.8 Å². The quantitative estimate of drug-likeness (QED) is 0.330. The maximum absolute atomic E-state index is 13.5. The fourth-order valence-electron chi connectivity index (χ4n) is 3.98. The third-order valence-electron chi connectivity index (χ3n) is 5.73. The summed E-state index contributed by atoms with van der Waals surface area (Å²) in [4.78, 5) is 44.6. The van der Waals surface area contributed by atoms with E-state index in [1.807, 2.05) is 60.7 Å². The van der Waals surface area contributed by atoms with Crippen molar-refractivity contribution in [2.45, 2.75) is 0 Å². The van der Waals surface area contributed by atoms with Crippen LogP contribution in [-0.2, 0) is 4.74 Å². The predicted octanol–water partition coefficient (Wildman–Crippen LogP) is 5.26. The highest BCUT2D eigenvalue weighted by molar-refractivity contribution is 6.08. The molecule has 1 aromatic heterocycles. The Morgan fingerprint density at radius 3 is 2.05 bits per heavy atom. The zero-order valence-corrected chi connectivity index (χ0v) is 20.9. The van der Waals surface area contributed by atoms with Gasteiger partial charge in [-0.05, 0) is 54.6 Å². The van der Waals surface area contributed by atoms with Gasteiger partial charge in [0, 0.05) is 11.4 Å². The van der Waals surface area contributed by atoms with Gasteiger partial charge >= 0.3 is 12.0 Å². The van der Waals surface area contributed by atoms with E-state index in [1.165, 1.54) is 36.3 Å². The Hall–Kier alpha value is -5.38. The lowest BCUT2D eigenvalue weighted by atomic mass is 10.1. The average Bonchev–Trinajstić information content (AvgIpc) is 2.97. The minimum atomic E-state index is -0.637. The van der Waals surface area contributed by atoms with Crippen molar-refractivity contribution in [3.63, 3.8) is 0 Å². The Labute approximate surface area is 224 Å². The summed E-state index contributed by atoms with van der Waals surface area (Å²) in [5.74, 6) is -0.493. The van der Waals surface area contributed by atoms with Gasteiger partial charge in [-0.15, -0.1) is 0 Å². The van der Waals surface area contributed by atoms with Gasteiger partial charge in [0.05, 0.1) is 24.0 Å². The molecule has 196 valence electrons. The highest BCUT2D eigenvalue weighted by atomic mass is 16.6. The molecule has 1 aliphatic heterocycles. The van der Waals surface area contributed by atoms with E-state index in [1.54, 1.807) is 6.07 Å². The second kappa shape index (κ2) is 11.3. The number of nitrogens with zero attached hydrogens (tertiary/aromatic N) is 2. The molecular weight excluding hydrogens is 500 g/mol. The first-order chi connectivity index (χ1) is 19.0. The molecule has 0 aliphatic carbocycles. The zero-order valence-electron chi connectivity index (χ0n) is 20.9. The Kier molecular flexibility index (Phi) is 7.35. The van der Waals surface area contributed by atoms with Crippen molar-refractivity contribution in [2.24, 2.45) is 0 Å². The summed E-state index contributed by atoms with van der Waals surface area (Å²) >= 11 is 0. The van der Waals surface area contributed by atoms with Crippen LogP contribution in [0.5, 0.6) is 11.6 Å². The van der Waals surface area contributed by atoms with E-state index in [2.05, 4.69) is 15.6 Å². The van der Waals surface area contributed by atoms with Crippen LogP contribution in [0.3, 0.4) is 0 Å². The highest BCUT2D eigenvalue weighted by Gasteiger charge is 2.21. The van der Waals surface area contributed by atoms with Gasteiger partial charge in [-0.1, -0.05) is 36.4 Å². The highest BCUT2D eigenvalue weighted by Crippen LogP contribution is 2.29. The third-order valence-corrected chi connectivity index (χ3v) is 5.73. The van der Waals surface area contributed by atoms with E-state index in [-0.39, 0.29) is 28.5 Å². The number of hydrogen-bond acceptors (Lipinski definition) is 7. The number of hydrogen-bond donors (Lipinski definition) is 2. The molecule has 0 radical (unpaired) electrons. The molecule has 4 aromatic rings. The number of carbonyl (C=O) groups is 3. The molecule has 0 spiro atoms. The zero-order chi connectivity index (χ0) is 27.2. The maximum atomic E-state index is 13.5. The van der Waals surface area contributed by atoms with E-state index in [9.17, 15) is 14.4 Å². The van der Waals surface area contributed by atoms with Crippen LogP contribution in [0.2, 0.25) is 0 Å².